The van der Waals surface area contributed by atoms with Crippen LogP contribution in [0.3, 0.4) is 0 Å². The molecular weight excluding hydrogens is 224 g/mol. The standard InChI is InChI=1S/C15H18N2O/c1-2-12-9-14(11-16-10-12)17-15-6-4-3-5-13(15)7-8-18/h3-6,9-11,17-18H,2,7-8H2,1H3. The summed E-state index contributed by atoms with van der Waals surface area (Å²) >= 11 is 0. The van der Waals surface area contributed by atoms with Gasteiger partial charge in [-0.05, 0) is 36.1 Å². The molecule has 18 heavy (non-hydrogen) atoms. The van der Waals surface area contributed by atoms with Crippen molar-refractivity contribution in [3.63, 3.8) is 0 Å². The minimum Gasteiger partial charge on any atom is -0.396 e. The Hall–Kier alpha value is -1.87. The third kappa shape index (κ3) is 3.08. The number of benzene rings is 1. The van der Waals surface area contributed by atoms with Gasteiger partial charge in [-0.15, -0.1) is 0 Å². The smallest absolute Gasteiger partial charge is 0.0573 e. The molecule has 0 saturated carbocycles. The summed E-state index contributed by atoms with van der Waals surface area (Å²) in [4.78, 5) is 4.22. The van der Waals surface area contributed by atoms with Gasteiger partial charge in [0.25, 0.3) is 0 Å². The second-order valence-corrected chi connectivity index (χ2v) is 4.19. The summed E-state index contributed by atoms with van der Waals surface area (Å²) < 4.78 is 0. The molecule has 1 aromatic heterocycles. The van der Waals surface area contributed by atoms with E-state index >= 15 is 0 Å². The van der Waals surface area contributed by atoms with E-state index in [1.54, 1.807) is 0 Å². The van der Waals surface area contributed by atoms with Gasteiger partial charge in [0.2, 0.25) is 0 Å². The number of para-hydroxylation sites is 1. The Kier molecular flexibility index (Phi) is 4.31. The molecule has 0 bridgehead atoms. The molecule has 2 aromatic rings. The Labute approximate surface area is 108 Å². The first-order chi connectivity index (χ1) is 8.83. The van der Waals surface area contributed by atoms with Crippen LogP contribution in [0.5, 0.6) is 0 Å². The van der Waals surface area contributed by atoms with Crippen LogP contribution >= 0.6 is 0 Å². The van der Waals surface area contributed by atoms with Crippen LogP contribution in [0.25, 0.3) is 0 Å². The second kappa shape index (κ2) is 6.17. The van der Waals surface area contributed by atoms with Crippen molar-refractivity contribution in [2.45, 2.75) is 19.8 Å². The van der Waals surface area contributed by atoms with E-state index < -0.39 is 0 Å². The molecule has 0 unspecified atom stereocenters. The lowest BCUT2D eigenvalue weighted by Gasteiger charge is -2.11. The molecule has 0 aliphatic heterocycles. The number of aryl methyl sites for hydroxylation is 1. The van der Waals surface area contributed by atoms with Crippen molar-refractivity contribution < 1.29 is 5.11 Å². The van der Waals surface area contributed by atoms with Crippen molar-refractivity contribution in [2.24, 2.45) is 0 Å². The van der Waals surface area contributed by atoms with Gasteiger partial charge in [0.1, 0.15) is 0 Å². The summed E-state index contributed by atoms with van der Waals surface area (Å²) in [6.07, 6.45) is 5.32. The highest BCUT2D eigenvalue weighted by atomic mass is 16.2. The number of rotatable bonds is 5. The number of aliphatic hydroxyl groups excluding tert-OH is 1. The maximum absolute atomic E-state index is 9.05. The van der Waals surface area contributed by atoms with E-state index in [0.717, 1.165) is 23.4 Å². The molecular formula is C15H18N2O. The van der Waals surface area contributed by atoms with Gasteiger partial charge < -0.3 is 10.4 Å². The Bertz CT molecular complexity index is 511. The summed E-state index contributed by atoms with van der Waals surface area (Å²) in [6.45, 7) is 2.27. The summed E-state index contributed by atoms with van der Waals surface area (Å²) in [5.41, 5.74) is 4.34. The van der Waals surface area contributed by atoms with Crippen LogP contribution in [0.2, 0.25) is 0 Å². The van der Waals surface area contributed by atoms with E-state index in [1.807, 2.05) is 36.7 Å². The molecule has 1 heterocycles. The first-order valence-corrected chi connectivity index (χ1v) is 6.23. The van der Waals surface area contributed by atoms with Crippen molar-refractivity contribution in [3.05, 3.63) is 53.9 Å². The molecule has 0 saturated heterocycles. The quantitative estimate of drug-likeness (QED) is 0.847. The van der Waals surface area contributed by atoms with Crippen LogP contribution in [-0.4, -0.2) is 16.7 Å². The molecule has 0 amide bonds. The van der Waals surface area contributed by atoms with Crippen LogP contribution in [0.1, 0.15) is 18.1 Å². The number of aromatic nitrogens is 1. The molecule has 1 aromatic carbocycles. The first kappa shape index (κ1) is 12.6. The zero-order chi connectivity index (χ0) is 12.8. The topological polar surface area (TPSA) is 45.2 Å². The van der Waals surface area contributed by atoms with Crippen LogP contribution in [0, 0.1) is 0 Å². The van der Waals surface area contributed by atoms with E-state index in [-0.39, 0.29) is 6.61 Å². The molecule has 0 atom stereocenters. The fourth-order valence-corrected chi connectivity index (χ4v) is 1.89. The van der Waals surface area contributed by atoms with Crippen molar-refractivity contribution in [1.82, 2.24) is 4.98 Å². The molecule has 0 radical (unpaired) electrons. The van der Waals surface area contributed by atoms with Crippen LogP contribution in [0.15, 0.2) is 42.7 Å². The lowest BCUT2D eigenvalue weighted by Crippen LogP contribution is -1.99. The molecule has 94 valence electrons. The Morgan fingerprint density at radius 2 is 2.06 bits per heavy atom. The van der Waals surface area contributed by atoms with E-state index in [0.29, 0.717) is 6.42 Å². The SMILES string of the molecule is CCc1cncc(Nc2ccccc2CCO)c1. The summed E-state index contributed by atoms with van der Waals surface area (Å²) in [7, 11) is 0. The zero-order valence-corrected chi connectivity index (χ0v) is 10.6. The van der Waals surface area contributed by atoms with Crippen molar-refractivity contribution in [2.75, 3.05) is 11.9 Å². The normalized spacial score (nSPS) is 10.3. The Morgan fingerprint density at radius 1 is 1.22 bits per heavy atom. The number of hydrogen-bond acceptors (Lipinski definition) is 3. The van der Waals surface area contributed by atoms with Crippen LogP contribution in [0.4, 0.5) is 11.4 Å². The average Bonchev–Trinajstić information content (AvgIpc) is 2.41. The van der Waals surface area contributed by atoms with Crippen molar-refractivity contribution >= 4 is 11.4 Å². The molecule has 0 fully saturated rings. The van der Waals surface area contributed by atoms with E-state index in [2.05, 4.69) is 23.3 Å². The largest absolute Gasteiger partial charge is 0.396 e. The minimum atomic E-state index is 0.159. The molecule has 3 heteroatoms. The molecule has 0 aliphatic rings. The molecule has 0 spiro atoms. The number of pyridine rings is 1. The van der Waals surface area contributed by atoms with Gasteiger partial charge in [-0.2, -0.15) is 0 Å². The Morgan fingerprint density at radius 3 is 2.83 bits per heavy atom. The van der Waals surface area contributed by atoms with Gasteiger partial charge >= 0.3 is 0 Å². The van der Waals surface area contributed by atoms with Crippen molar-refractivity contribution in [3.8, 4) is 0 Å². The maximum atomic E-state index is 9.05. The van der Waals surface area contributed by atoms with Gasteiger partial charge in [-0.3, -0.25) is 4.98 Å². The van der Waals surface area contributed by atoms with Crippen LogP contribution in [-0.2, 0) is 12.8 Å². The van der Waals surface area contributed by atoms with Crippen molar-refractivity contribution in [1.29, 1.82) is 0 Å². The molecule has 3 nitrogen and oxygen atoms in total. The van der Waals surface area contributed by atoms with Gasteiger partial charge in [0.05, 0.1) is 11.9 Å². The highest BCUT2D eigenvalue weighted by molar-refractivity contribution is 5.62. The summed E-state index contributed by atoms with van der Waals surface area (Å²) in [6, 6.07) is 10.1. The maximum Gasteiger partial charge on any atom is 0.0573 e. The third-order valence-corrected chi connectivity index (χ3v) is 2.88. The average molecular weight is 242 g/mol. The fourth-order valence-electron chi connectivity index (χ4n) is 1.89. The number of nitrogens with one attached hydrogen (secondary N) is 1. The van der Waals surface area contributed by atoms with E-state index in [4.69, 9.17) is 5.11 Å². The second-order valence-electron chi connectivity index (χ2n) is 4.19. The first-order valence-electron chi connectivity index (χ1n) is 6.23. The van der Waals surface area contributed by atoms with E-state index in [9.17, 15) is 0 Å². The molecule has 2 rings (SSSR count). The summed E-state index contributed by atoms with van der Waals surface area (Å²) in [5.74, 6) is 0. The number of aliphatic hydroxyl groups is 1. The van der Waals surface area contributed by atoms with Gasteiger partial charge in [0, 0.05) is 18.5 Å². The highest BCUT2D eigenvalue weighted by Crippen LogP contribution is 2.21. The summed E-state index contributed by atoms with van der Waals surface area (Å²) in [5, 5.41) is 12.4. The lowest BCUT2D eigenvalue weighted by atomic mass is 10.1. The highest BCUT2D eigenvalue weighted by Gasteiger charge is 2.02. The number of anilines is 2. The van der Waals surface area contributed by atoms with Crippen LogP contribution < -0.4 is 5.32 Å². The predicted octanol–water partition coefficient (Wildman–Crippen LogP) is 2.92. The third-order valence-electron chi connectivity index (χ3n) is 2.88. The minimum absolute atomic E-state index is 0.159. The lowest BCUT2D eigenvalue weighted by molar-refractivity contribution is 0.300. The van der Waals surface area contributed by atoms with Gasteiger partial charge in [-0.1, -0.05) is 25.1 Å². The fraction of sp³-hybridized carbons (Fsp3) is 0.267. The number of nitrogens with zero attached hydrogens (tertiary/aromatic N) is 1. The molecule has 2 N–H and O–H groups in total. The number of hydrogen-bond donors (Lipinski definition) is 2. The van der Waals surface area contributed by atoms with Gasteiger partial charge in [0.15, 0.2) is 0 Å². The molecule has 0 aliphatic carbocycles. The van der Waals surface area contributed by atoms with Gasteiger partial charge in [-0.25, -0.2) is 0 Å². The monoisotopic (exact) mass is 242 g/mol. The Balaban J connectivity index is 2.22. The predicted molar refractivity (Wildman–Crippen MR) is 74.1 cm³/mol. The van der Waals surface area contributed by atoms with E-state index in [1.165, 1.54) is 5.56 Å². The zero-order valence-electron chi connectivity index (χ0n) is 10.6.